The van der Waals surface area contributed by atoms with Gasteiger partial charge in [-0.3, -0.25) is 4.90 Å². The Morgan fingerprint density at radius 1 is 1.19 bits per heavy atom. The Morgan fingerprint density at radius 2 is 1.81 bits per heavy atom. The maximum Gasteiger partial charge on any atom is 0.244 e. The second-order valence-corrected chi connectivity index (χ2v) is 7.33. The molecule has 0 saturated carbocycles. The summed E-state index contributed by atoms with van der Waals surface area (Å²) in [5.74, 6) is -0.932. The van der Waals surface area contributed by atoms with Crippen molar-refractivity contribution in [2.75, 3.05) is 39.3 Å². The average molecular weight is 357 g/mol. The second kappa shape index (κ2) is 6.76. The largest absolute Gasteiger partial charge is 0.395 e. The minimum atomic E-state index is -3.86. The first-order valence-electron chi connectivity index (χ1n) is 6.35. The molecule has 0 aliphatic carbocycles. The van der Waals surface area contributed by atoms with E-state index in [4.69, 9.17) is 28.3 Å². The second-order valence-electron chi connectivity index (χ2n) is 4.64. The summed E-state index contributed by atoms with van der Waals surface area (Å²) >= 11 is 11.3. The molecule has 1 aliphatic rings. The number of nitrogens with zero attached hydrogens (tertiary/aromatic N) is 2. The van der Waals surface area contributed by atoms with Crippen molar-refractivity contribution in [3.8, 4) is 0 Å². The van der Waals surface area contributed by atoms with Crippen molar-refractivity contribution >= 4 is 33.2 Å². The van der Waals surface area contributed by atoms with E-state index >= 15 is 0 Å². The molecule has 1 heterocycles. The van der Waals surface area contributed by atoms with E-state index in [0.29, 0.717) is 19.6 Å². The Balaban J connectivity index is 2.22. The third kappa shape index (κ3) is 3.49. The standard InChI is InChI=1S/C12H15Cl2FN2O3S/c13-9-1-2-10(11(14)12(9)15)21(19,20)17-5-3-16(4-6-17)7-8-18/h1-2,18H,3-8H2. The van der Waals surface area contributed by atoms with E-state index < -0.39 is 20.9 Å². The number of aliphatic hydroxyl groups excluding tert-OH is 1. The maximum atomic E-state index is 13.7. The number of hydrogen-bond acceptors (Lipinski definition) is 4. The molecule has 0 radical (unpaired) electrons. The summed E-state index contributed by atoms with van der Waals surface area (Å²) in [4.78, 5) is 1.68. The molecule has 1 fully saturated rings. The van der Waals surface area contributed by atoms with Crippen molar-refractivity contribution in [2.45, 2.75) is 4.90 Å². The van der Waals surface area contributed by atoms with Crippen LogP contribution in [0.15, 0.2) is 17.0 Å². The quantitative estimate of drug-likeness (QED) is 0.829. The highest BCUT2D eigenvalue weighted by Crippen LogP contribution is 2.31. The zero-order valence-electron chi connectivity index (χ0n) is 11.1. The van der Waals surface area contributed by atoms with Gasteiger partial charge < -0.3 is 5.11 Å². The summed E-state index contributed by atoms with van der Waals surface area (Å²) in [7, 11) is -3.86. The van der Waals surface area contributed by atoms with E-state index in [1.807, 2.05) is 4.90 Å². The van der Waals surface area contributed by atoms with E-state index in [1.165, 1.54) is 16.4 Å². The van der Waals surface area contributed by atoms with Gasteiger partial charge in [0, 0.05) is 32.7 Å². The van der Waals surface area contributed by atoms with Crippen LogP contribution in [0.4, 0.5) is 4.39 Å². The highest BCUT2D eigenvalue weighted by Gasteiger charge is 2.31. The number of β-amino-alcohol motifs (C(OH)–C–C–N with tert-alkyl or cyclic N) is 1. The summed E-state index contributed by atoms with van der Waals surface area (Å²) < 4.78 is 39.9. The smallest absolute Gasteiger partial charge is 0.244 e. The molecular weight excluding hydrogens is 342 g/mol. The molecule has 0 atom stereocenters. The van der Waals surface area contributed by atoms with Crippen LogP contribution in [0.2, 0.25) is 10.0 Å². The lowest BCUT2D eigenvalue weighted by Gasteiger charge is -2.33. The molecule has 9 heteroatoms. The molecule has 118 valence electrons. The Labute approximate surface area is 132 Å². The van der Waals surface area contributed by atoms with Crippen LogP contribution in [-0.2, 0) is 10.0 Å². The Hall–Kier alpha value is -0.440. The van der Waals surface area contributed by atoms with Gasteiger partial charge in [-0.25, -0.2) is 12.8 Å². The Morgan fingerprint density at radius 3 is 2.38 bits per heavy atom. The molecule has 1 aromatic rings. The number of aliphatic hydroxyl groups is 1. The van der Waals surface area contributed by atoms with Crippen LogP contribution >= 0.6 is 23.2 Å². The van der Waals surface area contributed by atoms with Crippen molar-refractivity contribution in [2.24, 2.45) is 0 Å². The molecule has 1 aromatic carbocycles. The lowest BCUT2D eigenvalue weighted by atomic mass is 10.3. The topological polar surface area (TPSA) is 60.9 Å². The van der Waals surface area contributed by atoms with Gasteiger partial charge in [0.2, 0.25) is 10.0 Å². The molecule has 21 heavy (non-hydrogen) atoms. The number of rotatable bonds is 4. The van der Waals surface area contributed by atoms with Crippen LogP contribution in [0.3, 0.4) is 0 Å². The fraction of sp³-hybridized carbons (Fsp3) is 0.500. The highest BCUT2D eigenvalue weighted by molar-refractivity contribution is 7.89. The molecule has 2 rings (SSSR count). The molecule has 0 spiro atoms. The van der Waals surface area contributed by atoms with Crippen molar-refractivity contribution in [1.82, 2.24) is 9.21 Å². The van der Waals surface area contributed by atoms with Crippen LogP contribution in [0, 0.1) is 5.82 Å². The van der Waals surface area contributed by atoms with Crippen molar-refractivity contribution in [3.05, 3.63) is 28.0 Å². The molecule has 1 aliphatic heterocycles. The third-order valence-electron chi connectivity index (χ3n) is 3.37. The molecule has 5 nitrogen and oxygen atoms in total. The van der Waals surface area contributed by atoms with Gasteiger partial charge >= 0.3 is 0 Å². The van der Waals surface area contributed by atoms with E-state index in [9.17, 15) is 12.8 Å². The van der Waals surface area contributed by atoms with Gasteiger partial charge in [-0.05, 0) is 12.1 Å². The SMILES string of the molecule is O=S(=O)(c1ccc(Cl)c(F)c1Cl)N1CCN(CCO)CC1. The lowest BCUT2D eigenvalue weighted by Crippen LogP contribution is -2.49. The monoisotopic (exact) mass is 356 g/mol. The van der Waals surface area contributed by atoms with Gasteiger partial charge in [0.15, 0.2) is 5.82 Å². The molecule has 0 aromatic heterocycles. The summed E-state index contributed by atoms with van der Waals surface area (Å²) in [6.07, 6.45) is 0. The number of sulfonamides is 1. The first-order chi connectivity index (χ1) is 9.87. The molecule has 0 amide bonds. The summed E-state index contributed by atoms with van der Waals surface area (Å²) in [5.41, 5.74) is 0. The fourth-order valence-electron chi connectivity index (χ4n) is 2.18. The molecule has 0 unspecified atom stereocenters. The van der Waals surface area contributed by atoms with Gasteiger partial charge in [0.1, 0.15) is 4.90 Å². The Kier molecular flexibility index (Phi) is 5.45. The van der Waals surface area contributed by atoms with Crippen LogP contribution in [0.25, 0.3) is 0 Å². The van der Waals surface area contributed by atoms with Crippen LogP contribution in [0.1, 0.15) is 0 Å². The van der Waals surface area contributed by atoms with Gasteiger partial charge in [-0.2, -0.15) is 4.31 Å². The zero-order chi connectivity index (χ0) is 15.6. The summed E-state index contributed by atoms with van der Waals surface area (Å²) in [6.45, 7) is 2.08. The molecular formula is C12H15Cl2FN2O3S. The van der Waals surface area contributed by atoms with Gasteiger partial charge in [-0.15, -0.1) is 0 Å². The summed E-state index contributed by atoms with van der Waals surface area (Å²) in [5, 5.41) is 8.17. The number of halogens is 3. The highest BCUT2D eigenvalue weighted by atomic mass is 35.5. The zero-order valence-corrected chi connectivity index (χ0v) is 13.4. The molecule has 1 saturated heterocycles. The first-order valence-corrected chi connectivity index (χ1v) is 8.54. The van der Waals surface area contributed by atoms with E-state index in [0.717, 1.165) is 0 Å². The molecule has 1 N–H and O–H groups in total. The minimum absolute atomic E-state index is 0.0287. The number of piperazine rings is 1. The molecule has 0 bridgehead atoms. The van der Waals surface area contributed by atoms with Gasteiger partial charge in [0.25, 0.3) is 0 Å². The minimum Gasteiger partial charge on any atom is -0.395 e. The van der Waals surface area contributed by atoms with Crippen molar-refractivity contribution < 1.29 is 17.9 Å². The van der Waals surface area contributed by atoms with Crippen LogP contribution in [0.5, 0.6) is 0 Å². The fourth-order valence-corrected chi connectivity index (χ4v) is 4.32. The van der Waals surface area contributed by atoms with E-state index in [-0.39, 0.29) is 29.6 Å². The van der Waals surface area contributed by atoms with E-state index in [1.54, 1.807) is 0 Å². The van der Waals surface area contributed by atoms with Crippen molar-refractivity contribution in [3.63, 3.8) is 0 Å². The van der Waals surface area contributed by atoms with Crippen LogP contribution < -0.4 is 0 Å². The van der Waals surface area contributed by atoms with Gasteiger partial charge in [-0.1, -0.05) is 23.2 Å². The predicted molar refractivity (Wildman–Crippen MR) is 78.7 cm³/mol. The van der Waals surface area contributed by atoms with Crippen molar-refractivity contribution in [1.29, 1.82) is 0 Å². The predicted octanol–water partition coefficient (Wildman–Crippen LogP) is 1.43. The Bertz CT molecular complexity index is 619. The average Bonchev–Trinajstić information content (AvgIpc) is 2.45. The third-order valence-corrected chi connectivity index (χ3v) is 6.08. The summed E-state index contributed by atoms with van der Waals surface area (Å²) in [6, 6.07) is 2.39. The normalized spacial score (nSPS) is 18.1. The lowest BCUT2D eigenvalue weighted by molar-refractivity contribution is 0.151. The van der Waals surface area contributed by atoms with E-state index in [2.05, 4.69) is 0 Å². The first kappa shape index (κ1) is 16.9. The number of benzene rings is 1. The van der Waals surface area contributed by atoms with Gasteiger partial charge in [0.05, 0.1) is 16.7 Å². The maximum absolute atomic E-state index is 13.7. The number of hydrogen-bond donors (Lipinski definition) is 1. The van der Waals surface area contributed by atoms with Crippen LogP contribution in [-0.4, -0.2) is 62.1 Å².